The lowest BCUT2D eigenvalue weighted by Crippen LogP contribution is -2.38. The fraction of sp³-hybridized carbons (Fsp3) is 0.417. The molecule has 6 heteroatoms. The average Bonchev–Trinajstić information content (AvgIpc) is 3.11. The maximum atomic E-state index is 11.9. The molecule has 0 bridgehead atoms. The van der Waals surface area contributed by atoms with Gasteiger partial charge in [0.2, 0.25) is 5.91 Å². The number of benzene rings is 2. The Hall–Kier alpha value is -2.09. The Morgan fingerprint density at radius 3 is 2.53 bits per heavy atom. The SMILES string of the molecule is CCNC(=NCc1cccc(CN2CCCC2=O)c1)N(C)Cc1ccc(C)cc1.I. The van der Waals surface area contributed by atoms with Gasteiger partial charge in [0.05, 0.1) is 6.54 Å². The number of rotatable bonds is 7. The number of likely N-dealkylation sites (tertiary alicyclic amines) is 1. The van der Waals surface area contributed by atoms with Gasteiger partial charge >= 0.3 is 0 Å². The largest absolute Gasteiger partial charge is 0.357 e. The molecule has 3 rings (SSSR count). The maximum absolute atomic E-state index is 11.9. The summed E-state index contributed by atoms with van der Waals surface area (Å²) in [6.45, 7) is 8.01. The van der Waals surface area contributed by atoms with Crippen molar-refractivity contribution in [3.63, 3.8) is 0 Å². The van der Waals surface area contributed by atoms with Gasteiger partial charge in [-0.3, -0.25) is 4.79 Å². The van der Waals surface area contributed by atoms with Crippen molar-refractivity contribution in [2.75, 3.05) is 20.1 Å². The zero-order chi connectivity index (χ0) is 20.6. The van der Waals surface area contributed by atoms with Crippen LogP contribution >= 0.6 is 24.0 Å². The van der Waals surface area contributed by atoms with Crippen molar-refractivity contribution >= 4 is 35.8 Å². The van der Waals surface area contributed by atoms with E-state index in [2.05, 4.69) is 79.6 Å². The first-order chi connectivity index (χ1) is 14.0. The van der Waals surface area contributed by atoms with E-state index >= 15 is 0 Å². The van der Waals surface area contributed by atoms with E-state index in [0.29, 0.717) is 19.5 Å². The highest BCUT2D eigenvalue weighted by atomic mass is 127. The molecule has 0 atom stereocenters. The smallest absolute Gasteiger partial charge is 0.222 e. The van der Waals surface area contributed by atoms with Crippen LogP contribution in [0.25, 0.3) is 0 Å². The van der Waals surface area contributed by atoms with Gasteiger partial charge in [-0.05, 0) is 37.0 Å². The molecule has 5 nitrogen and oxygen atoms in total. The van der Waals surface area contributed by atoms with E-state index in [-0.39, 0.29) is 29.9 Å². The zero-order valence-electron chi connectivity index (χ0n) is 18.2. The summed E-state index contributed by atoms with van der Waals surface area (Å²) in [6, 6.07) is 17.0. The fourth-order valence-electron chi connectivity index (χ4n) is 3.60. The first kappa shape index (κ1) is 24.2. The number of nitrogens with zero attached hydrogens (tertiary/aromatic N) is 3. The molecule has 0 aromatic heterocycles. The second-order valence-corrected chi connectivity index (χ2v) is 7.75. The Morgan fingerprint density at radius 2 is 1.87 bits per heavy atom. The molecule has 1 aliphatic rings. The highest BCUT2D eigenvalue weighted by Gasteiger charge is 2.19. The van der Waals surface area contributed by atoms with Crippen molar-refractivity contribution < 1.29 is 4.79 Å². The lowest BCUT2D eigenvalue weighted by atomic mass is 10.1. The van der Waals surface area contributed by atoms with Gasteiger partial charge in [0, 0.05) is 39.6 Å². The summed E-state index contributed by atoms with van der Waals surface area (Å²) in [6.07, 6.45) is 1.66. The van der Waals surface area contributed by atoms with Gasteiger partial charge in [0.1, 0.15) is 0 Å². The molecular weight excluding hydrogens is 487 g/mol. The summed E-state index contributed by atoms with van der Waals surface area (Å²) in [5.74, 6) is 1.16. The molecule has 1 saturated heterocycles. The Kier molecular flexibility index (Phi) is 9.62. The summed E-state index contributed by atoms with van der Waals surface area (Å²) in [4.78, 5) is 20.8. The molecule has 0 saturated carbocycles. The minimum atomic E-state index is 0. The number of hydrogen-bond acceptors (Lipinski definition) is 2. The van der Waals surface area contributed by atoms with Crippen LogP contribution in [0.5, 0.6) is 0 Å². The minimum Gasteiger partial charge on any atom is -0.357 e. The fourth-order valence-corrected chi connectivity index (χ4v) is 3.60. The van der Waals surface area contributed by atoms with Crippen LogP contribution in [-0.4, -0.2) is 41.8 Å². The quantitative estimate of drug-likeness (QED) is 0.336. The number of halogens is 1. The molecule has 0 unspecified atom stereocenters. The van der Waals surface area contributed by atoms with Crippen molar-refractivity contribution in [1.29, 1.82) is 0 Å². The Bertz CT molecular complexity index is 851. The maximum Gasteiger partial charge on any atom is 0.222 e. The van der Waals surface area contributed by atoms with E-state index in [1.54, 1.807) is 0 Å². The Labute approximate surface area is 197 Å². The van der Waals surface area contributed by atoms with Crippen LogP contribution in [-0.2, 0) is 24.4 Å². The van der Waals surface area contributed by atoms with Gasteiger partial charge in [-0.25, -0.2) is 4.99 Å². The summed E-state index contributed by atoms with van der Waals surface area (Å²) < 4.78 is 0. The van der Waals surface area contributed by atoms with Gasteiger partial charge in [0.15, 0.2) is 5.96 Å². The monoisotopic (exact) mass is 520 g/mol. The highest BCUT2D eigenvalue weighted by molar-refractivity contribution is 14.0. The predicted molar refractivity (Wildman–Crippen MR) is 134 cm³/mol. The molecule has 1 aliphatic heterocycles. The molecule has 2 aromatic carbocycles. The van der Waals surface area contributed by atoms with Crippen LogP contribution < -0.4 is 5.32 Å². The minimum absolute atomic E-state index is 0. The van der Waals surface area contributed by atoms with Crippen LogP contribution in [0.3, 0.4) is 0 Å². The standard InChI is InChI=1S/C24H32N4O.HI/c1-4-25-24(27(3)17-20-12-10-19(2)11-13-20)26-16-21-7-5-8-22(15-21)18-28-14-6-9-23(28)29;/h5,7-8,10-13,15H,4,6,9,14,16-18H2,1-3H3,(H,25,26);1H. The van der Waals surface area contributed by atoms with E-state index in [1.165, 1.54) is 16.7 Å². The van der Waals surface area contributed by atoms with Gasteiger partial charge < -0.3 is 15.1 Å². The van der Waals surface area contributed by atoms with Crippen LogP contribution in [0.1, 0.15) is 42.0 Å². The van der Waals surface area contributed by atoms with Crippen molar-refractivity contribution in [1.82, 2.24) is 15.1 Å². The zero-order valence-corrected chi connectivity index (χ0v) is 20.6. The lowest BCUT2D eigenvalue weighted by molar-refractivity contribution is -0.128. The van der Waals surface area contributed by atoms with E-state index < -0.39 is 0 Å². The molecule has 1 fully saturated rings. The molecule has 30 heavy (non-hydrogen) atoms. The first-order valence-corrected chi connectivity index (χ1v) is 10.5. The number of amides is 1. The predicted octanol–water partition coefficient (Wildman–Crippen LogP) is 4.33. The normalized spacial score (nSPS) is 13.9. The van der Waals surface area contributed by atoms with E-state index in [9.17, 15) is 4.79 Å². The molecule has 2 aromatic rings. The number of guanidine groups is 1. The third kappa shape index (κ3) is 7.00. The first-order valence-electron chi connectivity index (χ1n) is 10.5. The molecule has 162 valence electrons. The van der Waals surface area contributed by atoms with Crippen LogP contribution in [0.2, 0.25) is 0 Å². The molecule has 1 N–H and O–H groups in total. The average molecular weight is 520 g/mol. The van der Waals surface area contributed by atoms with Crippen molar-refractivity contribution in [3.8, 4) is 0 Å². The summed E-state index contributed by atoms with van der Waals surface area (Å²) >= 11 is 0. The third-order valence-electron chi connectivity index (χ3n) is 5.18. The summed E-state index contributed by atoms with van der Waals surface area (Å²) in [5, 5.41) is 3.39. The number of nitrogens with one attached hydrogen (secondary N) is 1. The Morgan fingerprint density at radius 1 is 1.13 bits per heavy atom. The third-order valence-corrected chi connectivity index (χ3v) is 5.18. The molecular formula is C24H33IN4O. The van der Waals surface area contributed by atoms with Gasteiger partial charge in [-0.1, -0.05) is 54.1 Å². The highest BCUT2D eigenvalue weighted by Crippen LogP contribution is 2.16. The van der Waals surface area contributed by atoms with E-state index in [1.807, 2.05) is 4.90 Å². The molecule has 1 heterocycles. The topological polar surface area (TPSA) is 47.9 Å². The van der Waals surface area contributed by atoms with E-state index in [4.69, 9.17) is 4.99 Å². The molecule has 0 aliphatic carbocycles. The molecule has 1 amide bonds. The van der Waals surface area contributed by atoms with Gasteiger partial charge in [-0.15, -0.1) is 24.0 Å². The summed E-state index contributed by atoms with van der Waals surface area (Å²) in [5.41, 5.74) is 4.87. The summed E-state index contributed by atoms with van der Waals surface area (Å²) in [7, 11) is 2.07. The van der Waals surface area contributed by atoms with Crippen molar-refractivity contribution in [2.45, 2.75) is 46.3 Å². The molecule has 0 radical (unpaired) electrons. The van der Waals surface area contributed by atoms with Crippen LogP contribution in [0, 0.1) is 6.92 Å². The van der Waals surface area contributed by atoms with Crippen LogP contribution in [0.4, 0.5) is 0 Å². The number of aliphatic imine (C=N–C) groups is 1. The Balaban J connectivity index is 0.00000320. The molecule has 0 spiro atoms. The second-order valence-electron chi connectivity index (χ2n) is 7.75. The van der Waals surface area contributed by atoms with Crippen molar-refractivity contribution in [2.24, 2.45) is 4.99 Å². The van der Waals surface area contributed by atoms with Crippen LogP contribution in [0.15, 0.2) is 53.5 Å². The number of carbonyl (C=O) groups excluding carboxylic acids is 1. The van der Waals surface area contributed by atoms with Gasteiger partial charge in [0.25, 0.3) is 0 Å². The number of carbonyl (C=O) groups is 1. The second kappa shape index (κ2) is 11.9. The van der Waals surface area contributed by atoms with E-state index in [0.717, 1.165) is 37.6 Å². The number of aryl methyl sites for hydroxylation is 1. The van der Waals surface area contributed by atoms with Gasteiger partial charge in [-0.2, -0.15) is 0 Å². The lowest BCUT2D eigenvalue weighted by Gasteiger charge is -2.22. The number of hydrogen-bond donors (Lipinski definition) is 1. The van der Waals surface area contributed by atoms with Crippen molar-refractivity contribution in [3.05, 3.63) is 70.8 Å².